The van der Waals surface area contributed by atoms with Crippen molar-refractivity contribution >= 4 is 28.6 Å². The van der Waals surface area contributed by atoms with Gasteiger partial charge in [-0.15, -0.1) is 0 Å². The molecule has 0 radical (unpaired) electrons. The first-order valence-corrected chi connectivity index (χ1v) is 12.5. The number of carbonyl (C=O) groups excluding carboxylic acids is 1. The van der Waals surface area contributed by atoms with Crippen molar-refractivity contribution < 1.29 is 14.3 Å². The Morgan fingerprint density at radius 3 is 2.44 bits per heavy atom. The molecule has 1 aliphatic rings. The average molecular weight is 482 g/mol. The van der Waals surface area contributed by atoms with E-state index in [9.17, 15) is 4.79 Å². The Hall–Kier alpha value is -4.06. The second-order valence-electron chi connectivity index (χ2n) is 9.30. The topological polar surface area (TPSA) is 65.4 Å². The van der Waals surface area contributed by atoms with Crippen molar-refractivity contribution in [2.75, 3.05) is 18.5 Å². The lowest BCUT2D eigenvalue weighted by atomic mass is 9.92. The number of nitrogens with zero attached hydrogens (tertiary/aromatic N) is 2. The number of benzene rings is 3. The third-order valence-corrected chi connectivity index (χ3v) is 6.35. The van der Waals surface area contributed by atoms with Gasteiger partial charge >= 0.3 is 5.97 Å². The van der Waals surface area contributed by atoms with E-state index in [0.717, 1.165) is 34.3 Å². The van der Waals surface area contributed by atoms with E-state index in [0.29, 0.717) is 29.7 Å². The molecule has 0 spiro atoms. The van der Waals surface area contributed by atoms with Gasteiger partial charge in [0, 0.05) is 0 Å². The zero-order valence-electron chi connectivity index (χ0n) is 20.9. The molecule has 4 aromatic rings. The number of hydrogen-bond acceptors (Lipinski definition) is 5. The number of anilines is 1. The molecule has 0 fully saturated rings. The minimum atomic E-state index is -0.423. The van der Waals surface area contributed by atoms with Crippen molar-refractivity contribution in [3.05, 3.63) is 95.6 Å². The van der Waals surface area contributed by atoms with Gasteiger partial charge in [-0.2, -0.15) is 0 Å². The van der Waals surface area contributed by atoms with Gasteiger partial charge in [0.15, 0.2) is 0 Å². The second kappa shape index (κ2) is 10.3. The molecule has 5 rings (SSSR count). The fourth-order valence-electron chi connectivity index (χ4n) is 4.57. The van der Waals surface area contributed by atoms with Gasteiger partial charge in [0.25, 0.3) is 0 Å². The van der Waals surface area contributed by atoms with E-state index >= 15 is 0 Å². The SMILES string of the molecule is CCOC(=O)C1=C(c2ccccc2)Nc2nc3ccccc3n2C1c1ccc(OCCC(C)C)cc1. The predicted octanol–water partition coefficient (Wildman–Crippen LogP) is 6.45. The second-order valence-corrected chi connectivity index (χ2v) is 9.30. The Kier molecular flexibility index (Phi) is 6.76. The summed E-state index contributed by atoms with van der Waals surface area (Å²) in [6.07, 6.45) is 0.997. The standard InChI is InChI=1S/C30H31N3O3/c1-4-35-29(34)26-27(21-10-6-5-7-11-21)32-30-31-24-12-8-9-13-25(24)33(30)28(26)22-14-16-23(17-15-22)36-19-18-20(2)3/h5-17,20,28H,4,18-19H2,1-3H3,(H,31,32). The molecule has 6 nitrogen and oxygen atoms in total. The van der Waals surface area contributed by atoms with Gasteiger partial charge < -0.3 is 14.8 Å². The number of rotatable bonds is 8. The van der Waals surface area contributed by atoms with E-state index in [-0.39, 0.29) is 12.6 Å². The fraction of sp³-hybridized carbons (Fsp3) is 0.267. The van der Waals surface area contributed by atoms with Gasteiger partial charge in [0.05, 0.1) is 41.6 Å². The maximum atomic E-state index is 13.5. The van der Waals surface area contributed by atoms with Crippen molar-refractivity contribution in [2.45, 2.75) is 33.2 Å². The van der Waals surface area contributed by atoms with Crippen LogP contribution in [-0.2, 0) is 9.53 Å². The maximum absolute atomic E-state index is 13.5. The van der Waals surface area contributed by atoms with Crippen molar-refractivity contribution in [2.24, 2.45) is 5.92 Å². The number of ether oxygens (including phenoxy) is 2. The highest BCUT2D eigenvalue weighted by Crippen LogP contribution is 2.42. The van der Waals surface area contributed by atoms with Gasteiger partial charge in [0.2, 0.25) is 5.95 Å². The number of imidazole rings is 1. The van der Waals surface area contributed by atoms with Crippen LogP contribution in [0.4, 0.5) is 5.95 Å². The zero-order valence-corrected chi connectivity index (χ0v) is 20.9. The molecule has 0 saturated heterocycles. The molecule has 1 unspecified atom stereocenters. The monoisotopic (exact) mass is 481 g/mol. The van der Waals surface area contributed by atoms with Crippen LogP contribution >= 0.6 is 0 Å². The number of carbonyl (C=O) groups is 1. The third-order valence-electron chi connectivity index (χ3n) is 6.35. The van der Waals surface area contributed by atoms with Crippen LogP contribution in [0, 0.1) is 5.92 Å². The van der Waals surface area contributed by atoms with E-state index in [1.54, 1.807) is 0 Å². The lowest BCUT2D eigenvalue weighted by Gasteiger charge is -2.31. The summed E-state index contributed by atoms with van der Waals surface area (Å²) in [5, 5.41) is 3.45. The number of esters is 1. The lowest BCUT2D eigenvalue weighted by molar-refractivity contribution is -0.138. The maximum Gasteiger partial charge on any atom is 0.338 e. The molecule has 3 aromatic carbocycles. The molecule has 1 atom stereocenters. The molecular formula is C30H31N3O3. The van der Waals surface area contributed by atoms with Gasteiger partial charge in [-0.3, -0.25) is 4.57 Å². The summed E-state index contributed by atoms with van der Waals surface area (Å²) in [5.74, 6) is 1.73. The first-order valence-electron chi connectivity index (χ1n) is 12.5. The van der Waals surface area contributed by atoms with Crippen LogP contribution in [-0.4, -0.2) is 28.7 Å². The predicted molar refractivity (Wildman–Crippen MR) is 143 cm³/mol. The highest BCUT2D eigenvalue weighted by Gasteiger charge is 2.36. The van der Waals surface area contributed by atoms with Gasteiger partial charge in [-0.25, -0.2) is 9.78 Å². The summed E-state index contributed by atoms with van der Waals surface area (Å²) >= 11 is 0. The Balaban J connectivity index is 1.66. The van der Waals surface area contributed by atoms with Crippen LogP contribution in [0.3, 0.4) is 0 Å². The quantitative estimate of drug-likeness (QED) is 0.293. The van der Waals surface area contributed by atoms with Crippen LogP contribution in [0.15, 0.2) is 84.4 Å². The Bertz CT molecular complexity index is 1390. The van der Waals surface area contributed by atoms with Crippen molar-refractivity contribution in [3.8, 4) is 5.75 Å². The van der Waals surface area contributed by atoms with E-state index in [1.807, 2.05) is 85.8 Å². The molecule has 2 heterocycles. The van der Waals surface area contributed by atoms with E-state index < -0.39 is 6.04 Å². The Morgan fingerprint density at radius 1 is 1.00 bits per heavy atom. The molecule has 0 aliphatic carbocycles. The number of fused-ring (bicyclic) bond motifs is 3. The number of hydrogen-bond donors (Lipinski definition) is 1. The van der Waals surface area contributed by atoms with Crippen LogP contribution in [0.25, 0.3) is 16.7 Å². The summed E-state index contributed by atoms with van der Waals surface area (Å²) < 4.78 is 13.6. The van der Waals surface area contributed by atoms with Crippen LogP contribution in [0.5, 0.6) is 5.75 Å². The minimum absolute atomic E-state index is 0.289. The van der Waals surface area contributed by atoms with Crippen molar-refractivity contribution in [1.82, 2.24) is 9.55 Å². The first-order chi connectivity index (χ1) is 17.6. The van der Waals surface area contributed by atoms with Crippen molar-refractivity contribution in [3.63, 3.8) is 0 Å². The fourth-order valence-corrected chi connectivity index (χ4v) is 4.57. The zero-order chi connectivity index (χ0) is 25.1. The minimum Gasteiger partial charge on any atom is -0.494 e. The summed E-state index contributed by atoms with van der Waals surface area (Å²) in [6, 6.07) is 25.4. The number of nitrogens with one attached hydrogen (secondary N) is 1. The smallest absolute Gasteiger partial charge is 0.338 e. The van der Waals surface area contributed by atoms with Gasteiger partial charge in [-0.1, -0.05) is 68.4 Å². The van der Waals surface area contributed by atoms with Gasteiger partial charge in [0.1, 0.15) is 5.75 Å². The Labute approximate surface area is 211 Å². The third kappa shape index (κ3) is 4.59. The molecule has 0 amide bonds. The summed E-state index contributed by atoms with van der Waals surface area (Å²) in [5.41, 5.74) is 4.91. The molecule has 6 heteroatoms. The molecule has 1 aliphatic heterocycles. The van der Waals surface area contributed by atoms with E-state index in [2.05, 4.69) is 23.7 Å². The van der Waals surface area contributed by atoms with Crippen molar-refractivity contribution in [1.29, 1.82) is 0 Å². The molecule has 1 aromatic heterocycles. The van der Waals surface area contributed by atoms with E-state index in [4.69, 9.17) is 14.5 Å². The average Bonchev–Trinajstić information content (AvgIpc) is 3.27. The number of para-hydroxylation sites is 2. The lowest BCUT2D eigenvalue weighted by Crippen LogP contribution is -2.29. The molecule has 0 bridgehead atoms. The highest BCUT2D eigenvalue weighted by molar-refractivity contribution is 6.03. The van der Waals surface area contributed by atoms with E-state index in [1.165, 1.54) is 0 Å². The molecule has 1 N–H and O–H groups in total. The van der Waals surface area contributed by atoms with Crippen LogP contribution < -0.4 is 10.1 Å². The summed E-state index contributed by atoms with van der Waals surface area (Å²) in [6.45, 7) is 7.16. The summed E-state index contributed by atoms with van der Waals surface area (Å²) in [7, 11) is 0. The highest BCUT2D eigenvalue weighted by atomic mass is 16.5. The molecule has 36 heavy (non-hydrogen) atoms. The normalized spacial score (nSPS) is 15.1. The molecular weight excluding hydrogens is 450 g/mol. The summed E-state index contributed by atoms with van der Waals surface area (Å²) in [4.78, 5) is 18.4. The number of aromatic nitrogens is 2. The van der Waals surface area contributed by atoms with Crippen LogP contribution in [0.2, 0.25) is 0 Å². The first kappa shape index (κ1) is 23.7. The largest absolute Gasteiger partial charge is 0.494 e. The van der Waals surface area contributed by atoms with Gasteiger partial charge in [-0.05, 0) is 54.7 Å². The Morgan fingerprint density at radius 2 is 1.72 bits per heavy atom. The molecule has 0 saturated carbocycles. The molecule has 184 valence electrons. The van der Waals surface area contributed by atoms with Crippen LogP contribution in [0.1, 0.15) is 44.4 Å².